The van der Waals surface area contributed by atoms with Crippen molar-refractivity contribution in [3.05, 3.63) is 52.6 Å². The first kappa shape index (κ1) is 16.5. The topological polar surface area (TPSA) is 54.2 Å². The van der Waals surface area contributed by atoms with E-state index in [2.05, 4.69) is 27.6 Å². The minimum atomic E-state index is -0.128. The highest BCUT2D eigenvalue weighted by molar-refractivity contribution is 5.80. The molecule has 0 radical (unpaired) electrons. The maximum atomic E-state index is 13.9. The summed E-state index contributed by atoms with van der Waals surface area (Å²) in [6.07, 6.45) is 0.923. The fraction of sp³-hybridized carbons (Fsp3) is 0.444. The van der Waals surface area contributed by atoms with Crippen molar-refractivity contribution < 1.29 is 4.39 Å². The Morgan fingerprint density at radius 1 is 1.38 bits per heavy atom. The summed E-state index contributed by atoms with van der Waals surface area (Å²) in [6, 6.07) is 7.22. The van der Waals surface area contributed by atoms with Gasteiger partial charge in [-0.2, -0.15) is 5.10 Å². The monoisotopic (exact) mass is 329 g/mol. The molecule has 1 aliphatic rings. The predicted octanol–water partition coefficient (Wildman–Crippen LogP) is 2.40. The van der Waals surface area contributed by atoms with Crippen molar-refractivity contribution in [2.45, 2.75) is 38.8 Å². The number of aromatic nitrogens is 2. The van der Waals surface area contributed by atoms with Gasteiger partial charge in [0.2, 0.25) is 0 Å². The Morgan fingerprint density at radius 3 is 2.75 bits per heavy atom. The van der Waals surface area contributed by atoms with Crippen LogP contribution >= 0.6 is 0 Å². The lowest BCUT2D eigenvalue weighted by molar-refractivity contribution is 0.607. The van der Waals surface area contributed by atoms with Crippen molar-refractivity contribution in [1.82, 2.24) is 20.4 Å². The van der Waals surface area contributed by atoms with E-state index >= 15 is 0 Å². The van der Waals surface area contributed by atoms with Gasteiger partial charge in [-0.1, -0.05) is 18.2 Å². The van der Waals surface area contributed by atoms with Crippen LogP contribution in [0.4, 0.5) is 4.39 Å². The second kappa shape index (κ2) is 6.63. The summed E-state index contributed by atoms with van der Waals surface area (Å²) in [4.78, 5) is 4.27. The third kappa shape index (κ3) is 3.27. The van der Waals surface area contributed by atoms with Crippen molar-refractivity contribution in [2.75, 3.05) is 7.05 Å². The summed E-state index contributed by atoms with van der Waals surface area (Å²) in [5, 5.41) is 11.1. The highest BCUT2D eigenvalue weighted by Gasteiger charge is 2.40. The molecule has 0 saturated heterocycles. The zero-order chi connectivity index (χ0) is 17.3. The minimum Gasteiger partial charge on any atom is -0.353 e. The molecule has 2 N–H and O–H groups in total. The minimum absolute atomic E-state index is 0.128. The van der Waals surface area contributed by atoms with Gasteiger partial charge in [-0.05, 0) is 31.9 Å². The molecule has 0 aliphatic heterocycles. The van der Waals surface area contributed by atoms with Crippen molar-refractivity contribution >= 4 is 5.96 Å². The Bertz CT molecular complexity index is 765. The molecule has 0 spiro atoms. The lowest BCUT2D eigenvalue weighted by Crippen LogP contribution is -2.38. The van der Waals surface area contributed by atoms with Gasteiger partial charge in [0.1, 0.15) is 5.82 Å². The van der Waals surface area contributed by atoms with Crippen LogP contribution in [-0.4, -0.2) is 28.8 Å². The Morgan fingerprint density at radius 2 is 2.12 bits per heavy atom. The molecular formula is C18H24FN5. The van der Waals surface area contributed by atoms with E-state index in [4.69, 9.17) is 0 Å². The van der Waals surface area contributed by atoms with Crippen molar-refractivity contribution in [1.29, 1.82) is 0 Å². The lowest BCUT2D eigenvalue weighted by atomic mass is 10.1. The smallest absolute Gasteiger partial charge is 0.191 e. The maximum Gasteiger partial charge on any atom is 0.191 e. The summed E-state index contributed by atoms with van der Waals surface area (Å²) < 4.78 is 15.7. The molecule has 1 aromatic carbocycles. The van der Waals surface area contributed by atoms with E-state index in [1.54, 1.807) is 13.1 Å². The normalized spacial score (nSPS) is 20.1. The van der Waals surface area contributed by atoms with E-state index in [1.807, 2.05) is 30.8 Å². The van der Waals surface area contributed by atoms with E-state index in [-0.39, 0.29) is 17.8 Å². The number of aryl methyl sites for hydroxylation is 2. The van der Waals surface area contributed by atoms with Crippen LogP contribution in [0.5, 0.6) is 0 Å². The van der Waals surface area contributed by atoms with Crippen LogP contribution in [0.2, 0.25) is 0 Å². The number of rotatable bonds is 4. The quantitative estimate of drug-likeness (QED) is 0.669. The summed E-state index contributed by atoms with van der Waals surface area (Å²) in [6.45, 7) is 4.74. The largest absolute Gasteiger partial charge is 0.353 e. The first-order chi connectivity index (χ1) is 11.5. The van der Waals surface area contributed by atoms with Gasteiger partial charge in [-0.25, -0.2) is 4.39 Å². The summed E-state index contributed by atoms with van der Waals surface area (Å²) in [5.41, 5.74) is 4.13. The van der Waals surface area contributed by atoms with Gasteiger partial charge in [-0.3, -0.25) is 9.67 Å². The van der Waals surface area contributed by atoms with Crippen LogP contribution in [0.25, 0.3) is 0 Å². The Hall–Kier alpha value is -2.37. The van der Waals surface area contributed by atoms with Crippen LogP contribution in [0.1, 0.15) is 34.9 Å². The maximum absolute atomic E-state index is 13.9. The molecule has 0 bridgehead atoms. The number of guanidine groups is 1. The van der Waals surface area contributed by atoms with Gasteiger partial charge < -0.3 is 10.6 Å². The third-order valence-electron chi connectivity index (χ3n) is 4.73. The van der Waals surface area contributed by atoms with Gasteiger partial charge in [0.15, 0.2) is 5.96 Å². The average molecular weight is 329 g/mol. The second-order valence-corrected chi connectivity index (χ2v) is 6.31. The summed E-state index contributed by atoms with van der Waals surface area (Å²) >= 11 is 0. The van der Waals surface area contributed by atoms with Crippen LogP contribution in [-0.2, 0) is 13.6 Å². The zero-order valence-electron chi connectivity index (χ0n) is 14.6. The van der Waals surface area contributed by atoms with Crippen molar-refractivity contribution in [3.8, 4) is 0 Å². The lowest BCUT2D eigenvalue weighted by Gasteiger charge is -2.12. The number of aliphatic imine (C=N–C) groups is 1. The average Bonchev–Trinajstić information content (AvgIpc) is 3.27. The van der Waals surface area contributed by atoms with Crippen LogP contribution in [0, 0.1) is 19.7 Å². The standard InChI is InChI=1S/C18H24FN5/c1-11-15(12(2)24(4)23-11)10-21-18(20-3)22-17-9-14(17)13-7-5-6-8-16(13)19/h5-8,14,17H,9-10H2,1-4H3,(H2,20,21,22). The van der Waals surface area contributed by atoms with E-state index in [1.165, 1.54) is 11.6 Å². The molecule has 0 amide bonds. The third-order valence-corrected chi connectivity index (χ3v) is 4.73. The molecule has 2 aromatic rings. The molecule has 1 aromatic heterocycles. The molecule has 1 fully saturated rings. The van der Waals surface area contributed by atoms with Crippen molar-refractivity contribution in [3.63, 3.8) is 0 Å². The van der Waals surface area contributed by atoms with Crippen LogP contribution in [0.15, 0.2) is 29.3 Å². The Balaban J connectivity index is 1.58. The number of halogens is 1. The molecule has 1 aliphatic carbocycles. The summed E-state index contributed by atoms with van der Waals surface area (Å²) in [5.74, 6) is 0.824. The molecule has 1 heterocycles. The molecule has 6 heteroatoms. The SMILES string of the molecule is CN=C(NCc1c(C)nn(C)c1C)NC1CC1c1ccccc1F. The van der Waals surface area contributed by atoms with Gasteiger partial charge in [-0.15, -0.1) is 0 Å². The van der Waals surface area contributed by atoms with E-state index in [0.29, 0.717) is 6.54 Å². The van der Waals surface area contributed by atoms with Crippen molar-refractivity contribution in [2.24, 2.45) is 12.0 Å². The molecule has 128 valence electrons. The second-order valence-electron chi connectivity index (χ2n) is 6.31. The fourth-order valence-corrected chi connectivity index (χ4v) is 3.09. The molecule has 1 saturated carbocycles. The Labute approximate surface area is 142 Å². The van der Waals surface area contributed by atoms with Gasteiger partial charge in [0.05, 0.1) is 5.69 Å². The number of nitrogens with one attached hydrogen (secondary N) is 2. The number of benzene rings is 1. The van der Waals surface area contributed by atoms with E-state index < -0.39 is 0 Å². The first-order valence-electron chi connectivity index (χ1n) is 8.22. The molecule has 2 atom stereocenters. The number of hydrogen-bond acceptors (Lipinski definition) is 2. The molecule has 24 heavy (non-hydrogen) atoms. The number of hydrogen-bond donors (Lipinski definition) is 2. The Kier molecular flexibility index (Phi) is 4.55. The van der Waals surface area contributed by atoms with Gasteiger partial charge in [0.25, 0.3) is 0 Å². The van der Waals surface area contributed by atoms with E-state index in [0.717, 1.165) is 29.3 Å². The fourth-order valence-electron chi connectivity index (χ4n) is 3.09. The van der Waals surface area contributed by atoms with E-state index in [9.17, 15) is 4.39 Å². The first-order valence-corrected chi connectivity index (χ1v) is 8.22. The van der Waals surface area contributed by atoms with Gasteiger partial charge >= 0.3 is 0 Å². The molecule has 3 rings (SSSR count). The zero-order valence-corrected chi connectivity index (χ0v) is 14.6. The highest BCUT2D eigenvalue weighted by atomic mass is 19.1. The number of nitrogens with zero attached hydrogens (tertiary/aromatic N) is 3. The predicted molar refractivity (Wildman–Crippen MR) is 93.6 cm³/mol. The van der Waals surface area contributed by atoms with Gasteiger partial charge in [0, 0.05) is 43.9 Å². The molecular weight excluding hydrogens is 305 g/mol. The highest BCUT2D eigenvalue weighted by Crippen LogP contribution is 2.41. The van der Waals surface area contributed by atoms with Crippen LogP contribution < -0.4 is 10.6 Å². The molecule has 2 unspecified atom stereocenters. The summed E-state index contributed by atoms with van der Waals surface area (Å²) in [7, 11) is 3.70. The molecule has 5 nitrogen and oxygen atoms in total. The van der Waals surface area contributed by atoms with Crippen LogP contribution in [0.3, 0.4) is 0 Å².